The summed E-state index contributed by atoms with van der Waals surface area (Å²) in [6, 6.07) is 6.00. The second kappa shape index (κ2) is 7.79. The Morgan fingerprint density at radius 1 is 1.35 bits per heavy atom. The van der Waals surface area contributed by atoms with Crippen LogP contribution in [0.2, 0.25) is 0 Å². The number of benzene rings is 1. The first kappa shape index (κ1) is 17.8. The number of amides is 2. The fraction of sp³-hybridized carbons (Fsp3) is 0.529. The van der Waals surface area contributed by atoms with E-state index < -0.39 is 0 Å². The molecule has 2 unspecified atom stereocenters. The van der Waals surface area contributed by atoms with Crippen molar-refractivity contribution in [3.05, 3.63) is 29.3 Å². The molecule has 23 heavy (non-hydrogen) atoms. The predicted molar refractivity (Wildman–Crippen MR) is 92.8 cm³/mol. The monoisotopic (exact) mass is 337 g/mol. The Hall–Kier alpha value is -1.59. The molecule has 6 heteroatoms. The maximum atomic E-state index is 12.3. The van der Waals surface area contributed by atoms with Crippen LogP contribution in [0.1, 0.15) is 43.4 Å². The molecular formula is C17H24ClN3O2. The molecule has 0 saturated carbocycles. The normalized spacial score (nSPS) is 21.4. The minimum atomic E-state index is -0.0163. The van der Waals surface area contributed by atoms with Crippen LogP contribution in [0.15, 0.2) is 18.2 Å². The Kier molecular flexibility index (Phi) is 6.02. The van der Waals surface area contributed by atoms with Crippen LogP contribution in [0.25, 0.3) is 0 Å². The molecule has 3 rings (SSSR count). The van der Waals surface area contributed by atoms with Crippen LogP contribution in [-0.4, -0.2) is 24.9 Å². The first-order chi connectivity index (χ1) is 10.6. The summed E-state index contributed by atoms with van der Waals surface area (Å²) in [4.78, 5) is 23.7. The van der Waals surface area contributed by atoms with Gasteiger partial charge in [-0.25, -0.2) is 0 Å². The summed E-state index contributed by atoms with van der Waals surface area (Å²) in [5.41, 5.74) is 3.14. The van der Waals surface area contributed by atoms with E-state index in [2.05, 4.69) is 22.0 Å². The SMILES string of the molecule is CC(NC(=O)C1CCCNC1)c1ccc2c(c1)CCC(=O)N2.Cl. The van der Waals surface area contributed by atoms with Gasteiger partial charge >= 0.3 is 0 Å². The first-order valence-corrected chi connectivity index (χ1v) is 8.07. The molecular weight excluding hydrogens is 314 g/mol. The molecule has 0 aliphatic carbocycles. The number of halogens is 1. The maximum Gasteiger partial charge on any atom is 0.224 e. The zero-order valence-electron chi connectivity index (χ0n) is 13.4. The van der Waals surface area contributed by atoms with Crippen LogP contribution >= 0.6 is 12.4 Å². The van der Waals surface area contributed by atoms with Gasteiger partial charge in [-0.3, -0.25) is 9.59 Å². The molecule has 1 aromatic rings. The van der Waals surface area contributed by atoms with Crippen molar-refractivity contribution in [2.75, 3.05) is 18.4 Å². The van der Waals surface area contributed by atoms with E-state index in [-0.39, 0.29) is 36.2 Å². The molecule has 1 fully saturated rings. The molecule has 0 radical (unpaired) electrons. The van der Waals surface area contributed by atoms with Gasteiger partial charge in [-0.2, -0.15) is 0 Å². The van der Waals surface area contributed by atoms with Crippen molar-refractivity contribution in [1.29, 1.82) is 0 Å². The maximum absolute atomic E-state index is 12.3. The number of aryl methyl sites for hydroxylation is 1. The molecule has 126 valence electrons. The lowest BCUT2D eigenvalue weighted by atomic mass is 9.96. The van der Waals surface area contributed by atoms with Gasteiger partial charge < -0.3 is 16.0 Å². The van der Waals surface area contributed by atoms with Crippen LogP contribution in [0, 0.1) is 5.92 Å². The van der Waals surface area contributed by atoms with Gasteiger partial charge in [0, 0.05) is 18.7 Å². The Balaban J connectivity index is 0.00000192. The number of carbonyl (C=O) groups excluding carboxylic acids is 2. The summed E-state index contributed by atoms with van der Waals surface area (Å²) in [6.07, 6.45) is 3.32. The lowest BCUT2D eigenvalue weighted by Crippen LogP contribution is -2.41. The molecule has 0 aromatic heterocycles. The third-order valence-corrected chi connectivity index (χ3v) is 4.55. The topological polar surface area (TPSA) is 70.2 Å². The summed E-state index contributed by atoms with van der Waals surface area (Å²) in [5.74, 6) is 0.283. The van der Waals surface area contributed by atoms with Crippen molar-refractivity contribution in [3.63, 3.8) is 0 Å². The van der Waals surface area contributed by atoms with Crippen molar-refractivity contribution in [2.45, 2.75) is 38.6 Å². The molecule has 2 atom stereocenters. The van der Waals surface area contributed by atoms with Crippen molar-refractivity contribution >= 4 is 29.9 Å². The van der Waals surface area contributed by atoms with Gasteiger partial charge in [0.05, 0.1) is 12.0 Å². The standard InChI is InChI=1S/C17H23N3O2.ClH/c1-11(19-17(22)14-3-2-8-18-10-14)12-4-6-15-13(9-12)5-7-16(21)20-15;/h4,6,9,11,14,18H,2-3,5,7-8,10H2,1H3,(H,19,22)(H,20,21);1H. The minimum absolute atomic E-state index is 0. The lowest BCUT2D eigenvalue weighted by Gasteiger charge is -2.25. The second-order valence-corrected chi connectivity index (χ2v) is 6.24. The van der Waals surface area contributed by atoms with Gasteiger partial charge in [-0.05, 0) is 49.9 Å². The van der Waals surface area contributed by atoms with Gasteiger partial charge in [-0.1, -0.05) is 12.1 Å². The third-order valence-electron chi connectivity index (χ3n) is 4.55. The highest BCUT2D eigenvalue weighted by molar-refractivity contribution is 5.93. The van der Waals surface area contributed by atoms with E-state index in [1.54, 1.807) is 0 Å². The fourth-order valence-electron chi connectivity index (χ4n) is 3.16. The number of anilines is 1. The molecule has 0 spiro atoms. The average molecular weight is 338 g/mol. The number of hydrogen-bond donors (Lipinski definition) is 3. The van der Waals surface area contributed by atoms with E-state index in [9.17, 15) is 9.59 Å². The van der Waals surface area contributed by atoms with Crippen LogP contribution in [0.4, 0.5) is 5.69 Å². The number of piperidine rings is 1. The molecule has 2 aliphatic rings. The van der Waals surface area contributed by atoms with E-state index in [1.807, 2.05) is 19.1 Å². The van der Waals surface area contributed by atoms with Gasteiger partial charge in [0.25, 0.3) is 0 Å². The highest BCUT2D eigenvalue weighted by Gasteiger charge is 2.23. The van der Waals surface area contributed by atoms with Crippen LogP contribution in [0.3, 0.4) is 0 Å². The fourth-order valence-corrected chi connectivity index (χ4v) is 3.16. The van der Waals surface area contributed by atoms with Crippen LogP contribution < -0.4 is 16.0 Å². The zero-order valence-corrected chi connectivity index (χ0v) is 14.2. The molecule has 5 nitrogen and oxygen atoms in total. The second-order valence-electron chi connectivity index (χ2n) is 6.24. The Morgan fingerprint density at radius 2 is 2.17 bits per heavy atom. The molecule has 2 heterocycles. The molecule has 1 aromatic carbocycles. The van der Waals surface area contributed by atoms with Crippen molar-refractivity contribution in [1.82, 2.24) is 10.6 Å². The lowest BCUT2D eigenvalue weighted by molar-refractivity contribution is -0.126. The molecule has 0 bridgehead atoms. The summed E-state index contributed by atoms with van der Waals surface area (Å²) < 4.78 is 0. The minimum Gasteiger partial charge on any atom is -0.349 e. The smallest absolute Gasteiger partial charge is 0.224 e. The van der Waals surface area contributed by atoms with Crippen molar-refractivity contribution in [2.24, 2.45) is 5.92 Å². The van der Waals surface area contributed by atoms with Crippen LogP contribution in [0.5, 0.6) is 0 Å². The molecule has 3 N–H and O–H groups in total. The van der Waals surface area contributed by atoms with E-state index >= 15 is 0 Å². The van der Waals surface area contributed by atoms with E-state index in [1.165, 1.54) is 0 Å². The van der Waals surface area contributed by atoms with E-state index in [4.69, 9.17) is 0 Å². The quantitative estimate of drug-likeness (QED) is 0.791. The largest absolute Gasteiger partial charge is 0.349 e. The molecule has 2 amide bonds. The van der Waals surface area contributed by atoms with Gasteiger partial charge in [0.15, 0.2) is 0 Å². The van der Waals surface area contributed by atoms with Gasteiger partial charge in [0.2, 0.25) is 11.8 Å². The summed E-state index contributed by atoms with van der Waals surface area (Å²) in [6.45, 7) is 3.79. The summed E-state index contributed by atoms with van der Waals surface area (Å²) in [5, 5.41) is 9.27. The van der Waals surface area contributed by atoms with Crippen molar-refractivity contribution < 1.29 is 9.59 Å². The highest BCUT2D eigenvalue weighted by Crippen LogP contribution is 2.26. The van der Waals surface area contributed by atoms with Crippen molar-refractivity contribution in [3.8, 4) is 0 Å². The highest BCUT2D eigenvalue weighted by atomic mass is 35.5. The van der Waals surface area contributed by atoms with E-state index in [0.29, 0.717) is 6.42 Å². The zero-order chi connectivity index (χ0) is 15.5. The Labute approximate surface area is 143 Å². The first-order valence-electron chi connectivity index (χ1n) is 8.07. The number of nitrogens with one attached hydrogen (secondary N) is 3. The van der Waals surface area contributed by atoms with Gasteiger partial charge in [0.1, 0.15) is 0 Å². The molecule has 1 saturated heterocycles. The van der Waals surface area contributed by atoms with Gasteiger partial charge in [-0.15, -0.1) is 12.4 Å². The Morgan fingerprint density at radius 3 is 2.91 bits per heavy atom. The number of fused-ring (bicyclic) bond motifs is 1. The average Bonchev–Trinajstić information content (AvgIpc) is 2.55. The number of carbonyl (C=O) groups is 2. The number of rotatable bonds is 3. The predicted octanol–water partition coefficient (Wildman–Crippen LogP) is 2.17. The summed E-state index contributed by atoms with van der Waals surface area (Å²) in [7, 11) is 0. The Bertz CT molecular complexity index is 585. The third kappa shape index (κ3) is 4.24. The van der Waals surface area contributed by atoms with E-state index in [0.717, 1.165) is 49.2 Å². The summed E-state index contributed by atoms with van der Waals surface area (Å²) >= 11 is 0. The molecule has 2 aliphatic heterocycles. The van der Waals surface area contributed by atoms with Crippen LogP contribution in [-0.2, 0) is 16.0 Å². The number of hydrogen-bond acceptors (Lipinski definition) is 3.